The third-order valence-corrected chi connectivity index (χ3v) is 4.22. The number of nitrogens with zero attached hydrogens (tertiary/aromatic N) is 1. The number of carbonyl (C=O) groups is 2. The third kappa shape index (κ3) is 4.67. The first-order chi connectivity index (χ1) is 12.1. The van der Waals surface area contributed by atoms with Crippen molar-refractivity contribution in [3.8, 4) is 0 Å². The zero-order valence-electron chi connectivity index (χ0n) is 14.3. The van der Waals surface area contributed by atoms with Gasteiger partial charge in [-0.05, 0) is 23.3 Å². The van der Waals surface area contributed by atoms with Crippen molar-refractivity contribution >= 4 is 17.5 Å². The van der Waals surface area contributed by atoms with Crippen molar-refractivity contribution in [1.29, 1.82) is 0 Å². The van der Waals surface area contributed by atoms with E-state index < -0.39 is 0 Å². The van der Waals surface area contributed by atoms with Crippen LogP contribution in [0.4, 0.5) is 5.69 Å². The number of anilines is 1. The van der Waals surface area contributed by atoms with E-state index in [1.54, 1.807) is 0 Å². The number of benzene rings is 2. The lowest BCUT2D eigenvalue weighted by molar-refractivity contribution is -0.138. The standard InChI is InChI=1S/C20H22N2O3/c1-15(23)21-18-9-7-16(8-10-18)13-20(24)22-11-12-25-19(14-22)17-5-3-2-4-6-17/h2-10,19H,11-14H2,1H3,(H,21,23)/t19-/m1/s1. The summed E-state index contributed by atoms with van der Waals surface area (Å²) in [5.74, 6) is -0.0133. The molecule has 0 unspecified atom stereocenters. The highest BCUT2D eigenvalue weighted by atomic mass is 16.5. The van der Waals surface area contributed by atoms with Crippen LogP contribution in [0.3, 0.4) is 0 Å². The third-order valence-electron chi connectivity index (χ3n) is 4.22. The van der Waals surface area contributed by atoms with Crippen molar-refractivity contribution in [3.05, 3.63) is 65.7 Å². The van der Waals surface area contributed by atoms with Crippen molar-refractivity contribution in [2.45, 2.75) is 19.4 Å². The number of hydrogen-bond donors (Lipinski definition) is 1. The first kappa shape index (κ1) is 17.2. The highest BCUT2D eigenvalue weighted by Gasteiger charge is 2.25. The van der Waals surface area contributed by atoms with Crippen LogP contribution in [0.5, 0.6) is 0 Å². The number of nitrogens with one attached hydrogen (secondary N) is 1. The molecule has 130 valence electrons. The molecular weight excluding hydrogens is 316 g/mol. The molecule has 5 nitrogen and oxygen atoms in total. The Morgan fingerprint density at radius 2 is 1.84 bits per heavy atom. The van der Waals surface area contributed by atoms with Crippen molar-refractivity contribution < 1.29 is 14.3 Å². The molecule has 1 aliphatic rings. The van der Waals surface area contributed by atoms with Gasteiger partial charge in [-0.3, -0.25) is 9.59 Å². The molecule has 3 rings (SSSR count). The molecule has 1 fully saturated rings. The molecule has 0 saturated carbocycles. The van der Waals surface area contributed by atoms with Gasteiger partial charge < -0.3 is 15.0 Å². The molecule has 0 spiro atoms. The second-order valence-corrected chi connectivity index (χ2v) is 6.16. The molecular formula is C20H22N2O3. The fraction of sp³-hybridized carbons (Fsp3) is 0.300. The SMILES string of the molecule is CC(=O)Nc1ccc(CC(=O)N2CCO[C@@H](c3ccccc3)C2)cc1. The van der Waals surface area contributed by atoms with Gasteiger partial charge in [0.2, 0.25) is 11.8 Å². The Kier molecular flexibility index (Phi) is 5.46. The van der Waals surface area contributed by atoms with Crippen molar-refractivity contribution in [2.24, 2.45) is 0 Å². The Balaban J connectivity index is 1.60. The summed E-state index contributed by atoms with van der Waals surface area (Å²) in [7, 11) is 0. The van der Waals surface area contributed by atoms with E-state index >= 15 is 0 Å². The van der Waals surface area contributed by atoms with Crippen LogP contribution in [0.15, 0.2) is 54.6 Å². The minimum Gasteiger partial charge on any atom is -0.370 e. The van der Waals surface area contributed by atoms with Gasteiger partial charge in [-0.25, -0.2) is 0 Å². The predicted octanol–water partition coefficient (Wildman–Crippen LogP) is 2.79. The molecule has 2 aromatic carbocycles. The number of ether oxygens (including phenoxy) is 1. The van der Waals surface area contributed by atoms with E-state index in [9.17, 15) is 9.59 Å². The Hall–Kier alpha value is -2.66. The molecule has 0 radical (unpaired) electrons. The lowest BCUT2D eigenvalue weighted by Crippen LogP contribution is -2.42. The smallest absolute Gasteiger partial charge is 0.227 e. The van der Waals surface area contributed by atoms with Crippen LogP contribution in [0.25, 0.3) is 0 Å². The van der Waals surface area contributed by atoms with Crippen LogP contribution in [0.2, 0.25) is 0 Å². The first-order valence-corrected chi connectivity index (χ1v) is 8.42. The molecule has 1 atom stereocenters. The molecule has 2 aromatic rings. The number of morpholine rings is 1. The maximum absolute atomic E-state index is 12.6. The second kappa shape index (κ2) is 7.94. The lowest BCUT2D eigenvalue weighted by atomic mass is 10.1. The minimum absolute atomic E-state index is 0.0685. The summed E-state index contributed by atoms with van der Waals surface area (Å²) in [5, 5.41) is 2.72. The van der Waals surface area contributed by atoms with E-state index in [1.807, 2.05) is 59.5 Å². The summed E-state index contributed by atoms with van der Waals surface area (Å²) in [6.45, 7) is 3.21. The molecule has 1 N–H and O–H groups in total. The summed E-state index contributed by atoms with van der Waals surface area (Å²) >= 11 is 0. The van der Waals surface area contributed by atoms with Crippen molar-refractivity contribution in [3.63, 3.8) is 0 Å². The zero-order chi connectivity index (χ0) is 17.6. The summed E-state index contributed by atoms with van der Waals surface area (Å²) in [6, 6.07) is 17.4. The number of hydrogen-bond acceptors (Lipinski definition) is 3. The maximum atomic E-state index is 12.6. The lowest BCUT2D eigenvalue weighted by Gasteiger charge is -2.33. The van der Waals surface area contributed by atoms with Crippen LogP contribution in [-0.4, -0.2) is 36.4 Å². The van der Waals surface area contributed by atoms with Gasteiger partial charge in [-0.1, -0.05) is 42.5 Å². The Labute approximate surface area is 147 Å². The average Bonchev–Trinajstić information content (AvgIpc) is 2.64. The molecule has 1 heterocycles. The van der Waals surface area contributed by atoms with Crippen molar-refractivity contribution in [2.75, 3.05) is 25.0 Å². The largest absolute Gasteiger partial charge is 0.370 e. The van der Waals surface area contributed by atoms with E-state index in [-0.39, 0.29) is 17.9 Å². The van der Waals surface area contributed by atoms with Crippen LogP contribution in [0.1, 0.15) is 24.2 Å². The van der Waals surface area contributed by atoms with Crippen LogP contribution < -0.4 is 5.32 Å². The van der Waals surface area contributed by atoms with Gasteiger partial charge in [0.25, 0.3) is 0 Å². The average molecular weight is 338 g/mol. The molecule has 1 saturated heterocycles. The fourth-order valence-corrected chi connectivity index (χ4v) is 2.94. The monoisotopic (exact) mass is 338 g/mol. The molecule has 0 aliphatic carbocycles. The van der Waals surface area contributed by atoms with E-state index in [0.717, 1.165) is 16.8 Å². The molecule has 1 aliphatic heterocycles. The van der Waals surface area contributed by atoms with Gasteiger partial charge in [0, 0.05) is 19.2 Å². The van der Waals surface area contributed by atoms with Gasteiger partial charge >= 0.3 is 0 Å². The first-order valence-electron chi connectivity index (χ1n) is 8.42. The van der Waals surface area contributed by atoms with Crippen LogP contribution in [-0.2, 0) is 20.7 Å². The van der Waals surface area contributed by atoms with Crippen molar-refractivity contribution in [1.82, 2.24) is 4.90 Å². The van der Waals surface area contributed by atoms with E-state index in [1.165, 1.54) is 6.92 Å². The van der Waals surface area contributed by atoms with E-state index in [4.69, 9.17) is 4.74 Å². The normalized spacial score (nSPS) is 17.2. The van der Waals surface area contributed by atoms with Crippen LogP contribution in [0, 0.1) is 0 Å². The number of carbonyl (C=O) groups excluding carboxylic acids is 2. The number of amides is 2. The molecule has 0 aromatic heterocycles. The van der Waals surface area contributed by atoms with Crippen LogP contribution >= 0.6 is 0 Å². The highest BCUT2D eigenvalue weighted by Crippen LogP contribution is 2.22. The molecule has 2 amide bonds. The highest BCUT2D eigenvalue weighted by molar-refractivity contribution is 5.88. The fourth-order valence-electron chi connectivity index (χ4n) is 2.94. The zero-order valence-corrected chi connectivity index (χ0v) is 14.3. The topological polar surface area (TPSA) is 58.6 Å². The minimum atomic E-state index is -0.107. The summed E-state index contributed by atoms with van der Waals surface area (Å²) in [6.07, 6.45) is 0.281. The van der Waals surface area contributed by atoms with Gasteiger partial charge in [-0.2, -0.15) is 0 Å². The van der Waals surface area contributed by atoms with Gasteiger partial charge in [-0.15, -0.1) is 0 Å². The Morgan fingerprint density at radius 3 is 2.52 bits per heavy atom. The molecule has 0 bridgehead atoms. The molecule has 5 heteroatoms. The molecule has 25 heavy (non-hydrogen) atoms. The Bertz CT molecular complexity index is 728. The van der Waals surface area contributed by atoms with E-state index in [2.05, 4.69) is 5.32 Å². The summed E-state index contributed by atoms with van der Waals surface area (Å²) in [4.78, 5) is 25.5. The van der Waals surface area contributed by atoms with Gasteiger partial charge in [0.05, 0.1) is 19.6 Å². The predicted molar refractivity (Wildman–Crippen MR) is 96.2 cm³/mol. The van der Waals surface area contributed by atoms with E-state index in [0.29, 0.717) is 26.1 Å². The number of rotatable bonds is 4. The van der Waals surface area contributed by atoms with Gasteiger partial charge in [0.15, 0.2) is 0 Å². The van der Waals surface area contributed by atoms with Gasteiger partial charge in [0.1, 0.15) is 6.10 Å². The second-order valence-electron chi connectivity index (χ2n) is 6.16. The summed E-state index contributed by atoms with van der Waals surface area (Å²) < 4.78 is 5.81. The quantitative estimate of drug-likeness (QED) is 0.932. The maximum Gasteiger partial charge on any atom is 0.227 e. The Morgan fingerprint density at radius 1 is 1.12 bits per heavy atom. The summed E-state index contributed by atoms with van der Waals surface area (Å²) in [5.41, 5.74) is 2.76.